The first kappa shape index (κ1) is 35.6. The first-order valence-electron chi connectivity index (χ1n) is 16.2. The molecular formula is C35H50N4O6. The maximum atomic E-state index is 14.0. The Bertz CT molecular complexity index is 1140. The van der Waals surface area contributed by atoms with Crippen molar-refractivity contribution in [2.45, 2.75) is 51.9 Å². The van der Waals surface area contributed by atoms with Crippen molar-refractivity contribution in [3.63, 3.8) is 0 Å². The zero-order valence-corrected chi connectivity index (χ0v) is 26.7. The molecule has 0 radical (unpaired) electrons. The number of nitrogens with zero attached hydrogens (tertiary/aromatic N) is 4. The summed E-state index contributed by atoms with van der Waals surface area (Å²) in [6.07, 6.45) is 9.21. The molecule has 0 bridgehead atoms. The number of aryl methyl sites for hydroxylation is 1. The second-order valence-corrected chi connectivity index (χ2v) is 11.6. The quantitative estimate of drug-likeness (QED) is 0.190. The van der Waals surface area contributed by atoms with Gasteiger partial charge in [0.25, 0.3) is 0 Å². The van der Waals surface area contributed by atoms with Crippen molar-refractivity contribution in [2.75, 3.05) is 70.4 Å². The smallest absolute Gasteiger partial charge is 0.328 e. The zero-order valence-electron chi connectivity index (χ0n) is 26.7. The number of rotatable bonds is 16. The van der Waals surface area contributed by atoms with Gasteiger partial charge in [-0.1, -0.05) is 35.9 Å². The van der Waals surface area contributed by atoms with Crippen molar-refractivity contribution in [3.8, 4) is 5.75 Å². The summed E-state index contributed by atoms with van der Waals surface area (Å²) in [5, 5.41) is 15.6. The monoisotopic (exact) mass is 622 g/mol. The molecule has 2 aliphatic heterocycles. The van der Waals surface area contributed by atoms with E-state index in [1.807, 2.05) is 35.2 Å². The topological polar surface area (TPSA) is 114 Å². The Balaban J connectivity index is 0.000000610. The van der Waals surface area contributed by atoms with Crippen molar-refractivity contribution >= 4 is 23.7 Å². The average molecular weight is 623 g/mol. The number of carboxylic acid groups (broad SMARTS) is 2. The van der Waals surface area contributed by atoms with Gasteiger partial charge in [0, 0.05) is 37.5 Å². The molecule has 2 amide bonds. The van der Waals surface area contributed by atoms with Crippen molar-refractivity contribution in [1.82, 2.24) is 14.7 Å². The van der Waals surface area contributed by atoms with Gasteiger partial charge in [-0.2, -0.15) is 0 Å². The van der Waals surface area contributed by atoms with Gasteiger partial charge in [-0.25, -0.2) is 14.4 Å². The Morgan fingerprint density at radius 2 is 1.24 bits per heavy atom. The molecule has 0 atom stereocenters. The van der Waals surface area contributed by atoms with Crippen molar-refractivity contribution in [1.29, 1.82) is 0 Å². The number of ether oxygens (including phenoxy) is 1. The van der Waals surface area contributed by atoms with E-state index < -0.39 is 11.9 Å². The molecule has 2 heterocycles. The number of aliphatic carboxylic acids is 2. The molecule has 0 unspecified atom stereocenters. The molecule has 10 heteroatoms. The number of urea groups is 1. The zero-order chi connectivity index (χ0) is 32.3. The highest BCUT2D eigenvalue weighted by molar-refractivity contribution is 5.92. The number of benzene rings is 2. The predicted molar refractivity (Wildman–Crippen MR) is 177 cm³/mol. The van der Waals surface area contributed by atoms with Crippen LogP contribution in [-0.2, 0) is 9.59 Å². The number of hydrogen-bond donors (Lipinski definition) is 2. The Hall–Kier alpha value is -3.89. The number of carboxylic acids is 2. The van der Waals surface area contributed by atoms with Crippen LogP contribution in [0.1, 0.15) is 50.5 Å². The highest BCUT2D eigenvalue weighted by Crippen LogP contribution is 2.19. The number of likely N-dealkylation sites (tertiary alicyclic amines) is 2. The molecule has 45 heavy (non-hydrogen) atoms. The predicted octanol–water partition coefficient (Wildman–Crippen LogP) is 5.38. The molecule has 10 nitrogen and oxygen atoms in total. The van der Waals surface area contributed by atoms with Crippen LogP contribution in [0, 0.1) is 6.92 Å². The summed E-state index contributed by atoms with van der Waals surface area (Å²) in [4.78, 5) is 42.3. The van der Waals surface area contributed by atoms with E-state index in [1.54, 1.807) is 0 Å². The van der Waals surface area contributed by atoms with Crippen molar-refractivity contribution in [3.05, 3.63) is 72.3 Å². The third-order valence-corrected chi connectivity index (χ3v) is 7.96. The minimum Gasteiger partial charge on any atom is -0.494 e. The van der Waals surface area contributed by atoms with Gasteiger partial charge in [0.1, 0.15) is 5.75 Å². The molecular weight excluding hydrogens is 572 g/mol. The van der Waals surface area contributed by atoms with Crippen LogP contribution in [0.15, 0.2) is 66.7 Å². The SMILES string of the molecule is Cc1ccc(N(CCCOc2ccccc2)C(=O)N(CCCN2CCCC2)CCCN2CCCC2)cc1.O=C(O)/C=C\C(=O)O. The fraction of sp³-hybridized carbons (Fsp3) is 0.514. The molecule has 2 aromatic carbocycles. The van der Waals surface area contributed by atoms with Crippen LogP contribution >= 0.6 is 0 Å². The second-order valence-electron chi connectivity index (χ2n) is 11.6. The standard InChI is InChI=1S/C31H46N4O2.C4H4O4/c1-28-14-16-29(17-15-28)35(26-11-27-37-30-12-3-2-4-13-30)31(36)34(24-9-22-32-18-5-6-19-32)25-10-23-33-20-7-8-21-33;5-3(6)1-2-4(7)8/h2-4,12-17H,5-11,18-27H2,1H3;1-2H,(H,5,6)(H,7,8)/b;2-1-. The van der Waals surface area contributed by atoms with E-state index in [1.165, 1.54) is 57.4 Å². The van der Waals surface area contributed by atoms with Gasteiger partial charge in [-0.3, -0.25) is 4.90 Å². The van der Waals surface area contributed by atoms with E-state index in [9.17, 15) is 14.4 Å². The van der Waals surface area contributed by atoms with Gasteiger partial charge in [0.05, 0.1) is 6.61 Å². The molecule has 2 aliphatic rings. The summed E-state index contributed by atoms with van der Waals surface area (Å²) in [7, 11) is 0. The number of anilines is 1. The normalized spacial score (nSPS) is 15.0. The molecule has 0 aromatic heterocycles. The summed E-state index contributed by atoms with van der Waals surface area (Å²) in [6.45, 7) is 12.0. The fourth-order valence-corrected chi connectivity index (χ4v) is 5.59. The van der Waals surface area contributed by atoms with Gasteiger partial charge >= 0.3 is 18.0 Å². The van der Waals surface area contributed by atoms with Gasteiger partial charge in [-0.15, -0.1) is 0 Å². The molecule has 0 saturated carbocycles. The Kier molecular flexibility index (Phi) is 16.0. The van der Waals surface area contributed by atoms with E-state index in [0.29, 0.717) is 25.3 Å². The molecule has 2 saturated heterocycles. The van der Waals surface area contributed by atoms with Gasteiger partial charge in [0.15, 0.2) is 0 Å². The minimum atomic E-state index is -1.26. The summed E-state index contributed by atoms with van der Waals surface area (Å²) in [5.74, 6) is -1.64. The highest BCUT2D eigenvalue weighted by Gasteiger charge is 2.23. The molecule has 2 N–H and O–H groups in total. The molecule has 246 valence electrons. The van der Waals surface area contributed by atoms with E-state index >= 15 is 0 Å². The number of carbonyl (C=O) groups is 3. The van der Waals surface area contributed by atoms with Crippen LogP contribution in [0.3, 0.4) is 0 Å². The Labute approximate surface area is 267 Å². The Morgan fingerprint density at radius 3 is 1.73 bits per heavy atom. The molecule has 2 aromatic rings. The van der Waals surface area contributed by atoms with Crippen LogP contribution in [-0.4, -0.2) is 108 Å². The summed E-state index contributed by atoms with van der Waals surface area (Å²) in [5.41, 5.74) is 2.18. The van der Waals surface area contributed by atoms with Crippen LogP contribution in [0.5, 0.6) is 5.75 Å². The highest BCUT2D eigenvalue weighted by atomic mass is 16.5. The second kappa shape index (κ2) is 20.2. The maximum absolute atomic E-state index is 14.0. The van der Waals surface area contributed by atoms with E-state index in [0.717, 1.165) is 56.9 Å². The number of carbonyl (C=O) groups excluding carboxylic acids is 1. The molecule has 2 fully saturated rings. The number of para-hydroxylation sites is 1. The molecule has 0 aliphatic carbocycles. The first-order valence-corrected chi connectivity index (χ1v) is 16.2. The van der Waals surface area contributed by atoms with Gasteiger partial charge in [0.2, 0.25) is 0 Å². The Morgan fingerprint density at radius 1 is 0.733 bits per heavy atom. The summed E-state index contributed by atoms with van der Waals surface area (Å²) >= 11 is 0. The first-order chi connectivity index (χ1) is 21.8. The van der Waals surface area contributed by atoms with Crippen LogP contribution in [0.4, 0.5) is 10.5 Å². The van der Waals surface area contributed by atoms with Crippen LogP contribution < -0.4 is 9.64 Å². The van der Waals surface area contributed by atoms with Gasteiger partial charge < -0.3 is 29.6 Å². The lowest BCUT2D eigenvalue weighted by atomic mass is 10.2. The fourth-order valence-electron chi connectivity index (χ4n) is 5.59. The summed E-state index contributed by atoms with van der Waals surface area (Å²) in [6, 6.07) is 18.4. The van der Waals surface area contributed by atoms with Crippen LogP contribution in [0.25, 0.3) is 0 Å². The molecule has 0 spiro atoms. The lowest BCUT2D eigenvalue weighted by Crippen LogP contribution is -2.46. The van der Waals surface area contributed by atoms with Crippen molar-refractivity contribution < 1.29 is 29.3 Å². The molecule has 4 rings (SSSR count). The number of hydrogen-bond acceptors (Lipinski definition) is 6. The third-order valence-electron chi connectivity index (χ3n) is 7.96. The largest absolute Gasteiger partial charge is 0.494 e. The van der Waals surface area contributed by atoms with Gasteiger partial charge in [-0.05, 0) is 115 Å². The summed E-state index contributed by atoms with van der Waals surface area (Å²) < 4.78 is 5.93. The van der Waals surface area contributed by atoms with E-state index in [4.69, 9.17) is 14.9 Å². The third kappa shape index (κ3) is 14.2. The number of amides is 2. The lowest BCUT2D eigenvalue weighted by Gasteiger charge is -2.32. The lowest BCUT2D eigenvalue weighted by molar-refractivity contribution is -0.134. The van der Waals surface area contributed by atoms with Crippen LogP contribution in [0.2, 0.25) is 0 Å². The minimum absolute atomic E-state index is 0.131. The van der Waals surface area contributed by atoms with E-state index in [2.05, 4.69) is 45.9 Å². The van der Waals surface area contributed by atoms with E-state index in [-0.39, 0.29) is 6.03 Å². The maximum Gasteiger partial charge on any atom is 0.328 e. The average Bonchev–Trinajstić information content (AvgIpc) is 3.76. The van der Waals surface area contributed by atoms with Crippen molar-refractivity contribution in [2.24, 2.45) is 0 Å².